The largest absolute Gasteiger partial charge is 0.493 e. The normalized spacial score (nSPS) is 26.9. The quantitative estimate of drug-likeness (QED) is 0.633. The molecule has 0 fully saturated rings. The maximum absolute atomic E-state index is 5.92. The molecule has 1 rings (SSSR count). The van der Waals surface area contributed by atoms with E-state index in [1.165, 1.54) is 0 Å². The summed E-state index contributed by atoms with van der Waals surface area (Å²) in [7, 11) is 0. The van der Waals surface area contributed by atoms with Crippen molar-refractivity contribution in [3.05, 3.63) is 36.6 Å². The van der Waals surface area contributed by atoms with Gasteiger partial charge in [-0.25, -0.2) is 0 Å². The molecule has 1 atom stereocenters. The smallest absolute Gasteiger partial charge is 0.122 e. The topological polar surface area (TPSA) is 35.2 Å². The molecular weight excluding hydrogens is 150 g/mol. The highest BCUT2D eigenvalue weighted by molar-refractivity contribution is 5.31. The predicted octanol–water partition coefficient (Wildman–Crippen LogP) is 1.75. The van der Waals surface area contributed by atoms with Gasteiger partial charge < -0.3 is 10.5 Å². The number of rotatable bonds is 2. The Labute approximate surface area is 73.4 Å². The van der Waals surface area contributed by atoms with Crippen molar-refractivity contribution in [2.24, 2.45) is 5.73 Å². The molecule has 0 aromatic carbocycles. The Hall–Kier alpha value is -1.02. The molecule has 12 heavy (non-hydrogen) atoms. The zero-order chi connectivity index (χ0) is 9.19. The van der Waals surface area contributed by atoms with Gasteiger partial charge in [-0.15, -0.1) is 0 Å². The van der Waals surface area contributed by atoms with Crippen LogP contribution >= 0.6 is 0 Å². The summed E-state index contributed by atoms with van der Waals surface area (Å²) < 4.78 is 5.39. The third kappa shape index (κ3) is 1.59. The highest BCUT2D eigenvalue weighted by Gasteiger charge is 2.34. The average molecular weight is 165 g/mol. The highest BCUT2D eigenvalue weighted by Crippen LogP contribution is 2.27. The fraction of sp³-hybridized carbons (Fsp3) is 0.400. The van der Waals surface area contributed by atoms with E-state index in [0.717, 1.165) is 5.57 Å². The molecule has 0 aliphatic carbocycles. The molecule has 0 bridgehead atoms. The molecule has 0 aromatic rings. The lowest BCUT2D eigenvalue weighted by Gasteiger charge is -2.23. The third-order valence-electron chi connectivity index (χ3n) is 2.03. The van der Waals surface area contributed by atoms with Crippen molar-refractivity contribution in [1.29, 1.82) is 0 Å². The van der Waals surface area contributed by atoms with E-state index in [1.807, 2.05) is 26.0 Å². The molecule has 0 spiro atoms. The van der Waals surface area contributed by atoms with Crippen molar-refractivity contribution in [3.63, 3.8) is 0 Å². The molecule has 1 aliphatic heterocycles. The number of nitrogens with two attached hydrogens (primary N) is 1. The molecule has 1 heterocycles. The summed E-state index contributed by atoms with van der Waals surface area (Å²) in [6.07, 6.45) is 7.21. The summed E-state index contributed by atoms with van der Waals surface area (Å²) in [6, 6.07) is -0.0475. The van der Waals surface area contributed by atoms with Crippen LogP contribution < -0.4 is 5.73 Å². The van der Waals surface area contributed by atoms with Crippen molar-refractivity contribution in [3.8, 4) is 0 Å². The van der Waals surface area contributed by atoms with Gasteiger partial charge in [0.2, 0.25) is 0 Å². The zero-order valence-electron chi connectivity index (χ0n) is 7.58. The van der Waals surface area contributed by atoms with Crippen molar-refractivity contribution in [2.75, 3.05) is 0 Å². The second-order valence-electron chi connectivity index (χ2n) is 3.41. The summed E-state index contributed by atoms with van der Waals surface area (Å²) in [6.45, 7) is 7.54. The molecule has 66 valence electrons. The van der Waals surface area contributed by atoms with Gasteiger partial charge in [-0.2, -0.15) is 0 Å². The lowest BCUT2D eigenvalue weighted by molar-refractivity contribution is 0.0693. The van der Waals surface area contributed by atoms with Gasteiger partial charge in [0.15, 0.2) is 0 Å². The van der Waals surface area contributed by atoms with E-state index < -0.39 is 0 Å². The monoisotopic (exact) mass is 165 g/mol. The standard InChI is InChI=1S/C10H15NO/c1-4-5-6-8-7-12-10(2,3)9(8)11/h4-7,9H,1,11H2,2-3H3/b6-5-/t9-/m1/s1. The van der Waals surface area contributed by atoms with E-state index >= 15 is 0 Å². The fourth-order valence-corrected chi connectivity index (χ4v) is 1.09. The Bertz CT molecular complexity index is 238. The van der Waals surface area contributed by atoms with Crippen LogP contribution in [0.5, 0.6) is 0 Å². The molecule has 1 aliphatic rings. The number of ether oxygens (including phenoxy) is 1. The van der Waals surface area contributed by atoms with Crippen molar-refractivity contribution < 1.29 is 4.74 Å². The predicted molar refractivity (Wildman–Crippen MR) is 50.6 cm³/mol. The Kier molecular flexibility index (Phi) is 2.38. The Morgan fingerprint density at radius 3 is 2.75 bits per heavy atom. The average Bonchev–Trinajstić information content (AvgIpc) is 2.26. The van der Waals surface area contributed by atoms with Crippen LogP contribution in [0.2, 0.25) is 0 Å². The molecule has 0 unspecified atom stereocenters. The van der Waals surface area contributed by atoms with E-state index in [4.69, 9.17) is 10.5 Å². The third-order valence-corrected chi connectivity index (χ3v) is 2.03. The summed E-state index contributed by atoms with van der Waals surface area (Å²) >= 11 is 0. The van der Waals surface area contributed by atoms with E-state index in [9.17, 15) is 0 Å². The van der Waals surface area contributed by atoms with Gasteiger partial charge in [0.25, 0.3) is 0 Å². The van der Waals surface area contributed by atoms with Crippen LogP contribution in [0.15, 0.2) is 36.6 Å². The van der Waals surface area contributed by atoms with Gasteiger partial charge >= 0.3 is 0 Å². The summed E-state index contributed by atoms with van der Waals surface area (Å²) in [4.78, 5) is 0. The number of hydrogen-bond donors (Lipinski definition) is 1. The second-order valence-corrected chi connectivity index (χ2v) is 3.41. The minimum Gasteiger partial charge on any atom is -0.493 e. The van der Waals surface area contributed by atoms with E-state index in [1.54, 1.807) is 12.3 Å². The molecule has 0 aromatic heterocycles. The van der Waals surface area contributed by atoms with Crippen LogP contribution in [0.4, 0.5) is 0 Å². The maximum Gasteiger partial charge on any atom is 0.122 e. The Balaban J connectivity index is 2.71. The van der Waals surface area contributed by atoms with E-state index in [0.29, 0.717) is 0 Å². The first-order valence-electron chi connectivity index (χ1n) is 4.00. The number of allylic oxidation sites excluding steroid dienone is 2. The SMILES string of the molecule is C=C/C=C\C1=COC(C)(C)[C@@H]1N. The molecular formula is C10H15NO. The Morgan fingerprint density at radius 1 is 1.67 bits per heavy atom. The van der Waals surface area contributed by atoms with Gasteiger partial charge in [-0.1, -0.05) is 24.8 Å². The molecule has 0 saturated heterocycles. The van der Waals surface area contributed by atoms with Crippen molar-refractivity contribution >= 4 is 0 Å². The minimum absolute atomic E-state index is 0.0475. The van der Waals surface area contributed by atoms with Crippen LogP contribution in [0.3, 0.4) is 0 Å². The summed E-state index contributed by atoms with van der Waals surface area (Å²) in [5, 5.41) is 0. The van der Waals surface area contributed by atoms with Gasteiger partial charge in [-0.3, -0.25) is 0 Å². The van der Waals surface area contributed by atoms with Gasteiger partial charge in [-0.05, 0) is 13.8 Å². The Morgan fingerprint density at radius 2 is 2.33 bits per heavy atom. The first-order valence-corrected chi connectivity index (χ1v) is 4.00. The first kappa shape index (κ1) is 9.07. The summed E-state index contributed by atoms with van der Waals surface area (Å²) in [5.74, 6) is 0. The highest BCUT2D eigenvalue weighted by atomic mass is 16.5. The summed E-state index contributed by atoms with van der Waals surface area (Å²) in [5.41, 5.74) is 6.66. The molecule has 2 nitrogen and oxygen atoms in total. The van der Waals surface area contributed by atoms with Crippen LogP contribution in [0.1, 0.15) is 13.8 Å². The molecule has 2 N–H and O–H groups in total. The molecule has 2 heteroatoms. The molecule has 0 radical (unpaired) electrons. The van der Waals surface area contributed by atoms with Gasteiger partial charge in [0, 0.05) is 5.57 Å². The lowest BCUT2D eigenvalue weighted by Crippen LogP contribution is -2.41. The van der Waals surface area contributed by atoms with Crippen molar-refractivity contribution in [1.82, 2.24) is 0 Å². The van der Waals surface area contributed by atoms with Crippen LogP contribution in [0.25, 0.3) is 0 Å². The lowest BCUT2D eigenvalue weighted by atomic mass is 9.95. The molecule has 0 amide bonds. The minimum atomic E-state index is -0.277. The van der Waals surface area contributed by atoms with Crippen LogP contribution in [0, 0.1) is 0 Å². The molecule has 0 saturated carbocycles. The van der Waals surface area contributed by atoms with E-state index in [-0.39, 0.29) is 11.6 Å². The van der Waals surface area contributed by atoms with Crippen molar-refractivity contribution in [2.45, 2.75) is 25.5 Å². The maximum atomic E-state index is 5.92. The van der Waals surface area contributed by atoms with E-state index in [2.05, 4.69) is 6.58 Å². The second kappa shape index (κ2) is 3.15. The number of hydrogen-bond acceptors (Lipinski definition) is 2. The fourth-order valence-electron chi connectivity index (χ4n) is 1.09. The van der Waals surface area contributed by atoms with Gasteiger partial charge in [0.1, 0.15) is 5.60 Å². The van der Waals surface area contributed by atoms with Crippen LogP contribution in [-0.2, 0) is 4.74 Å². The van der Waals surface area contributed by atoms with Crippen LogP contribution in [-0.4, -0.2) is 11.6 Å². The van der Waals surface area contributed by atoms with Gasteiger partial charge in [0.05, 0.1) is 12.3 Å². The first-order chi connectivity index (χ1) is 5.58. The zero-order valence-corrected chi connectivity index (χ0v) is 7.58.